The number of fused-ring (bicyclic) bond motifs is 1. The molecule has 2 heterocycles. The molecule has 10 atom stereocenters. The number of allylic oxidation sites excluding steroid dienone is 2. The summed E-state index contributed by atoms with van der Waals surface area (Å²) in [5.74, 6) is -7.74. The van der Waals surface area contributed by atoms with Gasteiger partial charge in [0.1, 0.15) is 29.7 Å². The van der Waals surface area contributed by atoms with Gasteiger partial charge < -0.3 is 74.3 Å². The second-order valence-electron chi connectivity index (χ2n) is 24.6. The van der Waals surface area contributed by atoms with Crippen LogP contribution in [-0.4, -0.2) is 159 Å². The molecule has 2 aliphatic rings. The van der Waals surface area contributed by atoms with Gasteiger partial charge in [0.15, 0.2) is 17.5 Å². The number of urea groups is 1. The Labute approximate surface area is 526 Å². The number of guanidine groups is 1. The number of aliphatic imine (C=N–C) groups is 1. The monoisotopic (exact) mass is 1250 g/mol. The Balaban J connectivity index is 1.29. The quantitative estimate of drug-likeness (QED) is 0.0171. The number of primary amides is 2. The average molecular weight is 1250 g/mol. The number of aliphatic hydroxyl groups is 2. The van der Waals surface area contributed by atoms with Crippen LogP contribution in [0.15, 0.2) is 71.9 Å². The number of aromatic nitrogens is 1. The Bertz CT molecular complexity index is 2980. The van der Waals surface area contributed by atoms with E-state index in [0.29, 0.717) is 31.4 Å². The molecule has 8 amide bonds. The number of nitrogens with zero attached hydrogens (tertiary/aromatic N) is 2. The van der Waals surface area contributed by atoms with E-state index in [1.165, 1.54) is 33.0 Å². The Hall–Kier alpha value is -8.19. The van der Waals surface area contributed by atoms with Gasteiger partial charge in [0.25, 0.3) is 0 Å². The third-order valence-electron chi connectivity index (χ3n) is 16.8. The first kappa shape index (κ1) is 72.6. The zero-order valence-electron chi connectivity index (χ0n) is 52.7. The molecular weight excluding hydrogens is 1160 g/mol. The van der Waals surface area contributed by atoms with Crippen molar-refractivity contribution < 1.29 is 63.3 Å². The molecule has 1 aliphatic heterocycles. The summed E-state index contributed by atoms with van der Waals surface area (Å²) >= 11 is 0. The largest absolute Gasteiger partial charge is 0.508 e. The van der Waals surface area contributed by atoms with Crippen LogP contribution >= 0.6 is 0 Å². The maximum absolute atomic E-state index is 14.4. The lowest BCUT2D eigenvalue weighted by atomic mass is 9.83. The maximum Gasteiger partial charge on any atom is 0.312 e. The van der Waals surface area contributed by atoms with Crippen molar-refractivity contribution in [2.75, 3.05) is 26.7 Å². The van der Waals surface area contributed by atoms with Crippen molar-refractivity contribution >= 4 is 75.7 Å². The zero-order chi connectivity index (χ0) is 66.0. The van der Waals surface area contributed by atoms with Gasteiger partial charge in [-0.15, -0.1) is 0 Å². The van der Waals surface area contributed by atoms with E-state index in [4.69, 9.17) is 17.2 Å². The first-order chi connectivity index (χ1) is 42.8. The van der Waals surface area contributed by atoms with Gasteiger partial charge in [-0.05, 0) is 93.0 Å². The number of para-hydroxylation sites is 1. The molecule has 0 bridgehead atoms. The summed E-state index contributed by atoms with van der Waals surface area (Å²) < 4.78 is 0. The number of carbonyl (C=O) groups is 10. The third-order valence-corrected chi connectivity index (χ3v) is 16.8. The van der Waals surface area contributed by atoms with Gasteiger partial charge in [0.2, 0.25) is 35.4 Å². The fourth-order valence-electron chi connectivity index (χ4n) is 11.9. The van der Waals surface area contributed by atoms with Crippen LogP contribution < -0.4 is 49.1 Å². The van der Waals surface area contributed by atoms with E-state index in [2.05, 4.69) is 41.9 Å². The number of aliphatic hydroxyl groups excluding tert-OH is 2. The van der Waals surface area contributed by atoms with Crippen LogP contribution in [0.1, 0.15) is 142 Å². The molecule has 494 valence electrons. The summed E-state index contributed by atoms with van der Waals surface area (Å²) in [5, 5.41) is 49.1. The van der Waals surface area contributed by atoms with Gasteiger partial charge in [-0.25, -0.2) is 4.79 Å². The van der Waals surface area contributed by atoms with Gasteiger partial charge in [-0.1, -0.05) is 88.4 Å². The molecular formula is C65H96N12O13. The Morgan fingerprint density at radius 3 is 2.10 bits per heavy atom. The molecule has 3 aromatic rings. The van der Waals surface area contributed by atoms with Crippen LogP contribution in [0.3, 0.4) is 0 Å². The molecule has 2 aromatic carbocycles. The van der Waals surface area contributed by atoms with Gasteiger partial charge >= 0.3 is 6.03 Å². The van der Waals surface area contributed by atoms with Crippen LogP contribution in [0.4, 0.5) is 4.79 Å². The van der Waals surface area contributed by atoms with E-state index in [1.807, 2.05) is 38.1 Å². The number of nitrogens with two attached hydrogens (primary N) is 3. The molecule has 25 nitrogen and oxygen atoms in total. The number of phenolic OH excluding ortho intramolecular Hbond substituents is 1. The van der Waals surface area contributed by atoms with E-state index in [1.54, 1.807) is 30.5 Å². The molecule has 1 aromatic heterocycles. The summed E-state index contributed by atoms with van der Waals surface area (Å²) in [4.78, 5) is 145. The molecule has 5 rings (SSSR count). The van der Waals surface area contributed by atoms with Crippen LogP contribution in [0.2, 0.25) is 0 Å². The number of hydrogen-bond donors (Lipinski definition) is 13. The number of aromatic hydroxyl groups is 1. The molecule has 0 unspecified atom stereocenters. The van der Waals surface area contributed by atoms with E-state index in [-0.39, 0.29) is 106 Å². The third kappa shape index (κ3) is 23.6. The normalized spacial score (nSPS) is 18.1. The summed E-state index contributed by atoms with van der Waals surface area (Å²) in [6, 6.07) is 6.82. The van der Waals surface area contributed by atoms with Gasteiger partial charge in [-0.3, -0.25) is 48.1 Å². The number of β-amino-alcohol motifs (C(OH)–C–C–N with tert-alkyl or cyclic N) is 1. The average Bonchev–Trinajstić information content (AvgIpc) is 1.98. The SMILES string of the molecule is CN=C(N)NCCC[C@H](CC(=O)[C@@H](/C=C/CCC(=O)[C@H](CC1CCCCC1)NC(=O)[C@@H](CC(=O)[C@H](CCCNC(N)=O)NC(=O)[C@@H]1C[C@@H](O)CN1C(=O)[C@@H](Cc1ccc(O)cc1)NC(C)=O)[C@@H](C)O)CC(C)C)C(=O)N[C@@H](Cc1c[nH]c2ccccc12)C(N)=O. The predicted molar refractivity (Wildman–Crippen MR) is 340 cm³/mol. The lowest BCUT2D eigenvalue weighted by Crippen LogP contribution is -2.56. The first-order valence-corrected chi connectivity index (χ1v) is 31.5. The lowest BCUT2D eigenvalue weighted by Gasteiger charge is -2.30. The number of amides is 8. The number of carbonyl (C=O) groups excluding carboxylic acids is 10. The van der Waals surface area contributed by atoms with Crippen LogP contribution in [-0.2, 0) is 56.0 Å². The highest BCUT2D eigenvalue weighted by Gasteiger charge is 2.43. The summed E-state index contributed by atoms with van der Waals surface area (Å²) in [5.41, 5.74) is 19.2. The minimum absolute atomic E-state index is 0.00446. The van der Waals surface area contributed by atoms with E-state index >= 15 is 0 Å². The standard InChI is InChI=1S/C65H96N12O13/c1-38(2)29-43(57(83)33-44(18-13-27-70-64(67)69-5)60(86)76-53(59(66)85)32-45-36-72-50-20-11-10-19-48(45)50)17-9-12-22-56(82)52(30-41-15-7-6-8-16-41)75-61(87)49(39(3)78)35-58(84)51(21-14-28-71-65(68)90)74-62(88)55-34-47(81)37-77(55)63(89)54(73-40(4)79)31-42-23-25-46(80)26-24-42/h9-11,17,19-20,23-26,36,38-39,41,43-44,47,49,51-55,72,78,80-81H,6-8,12-16,18,21-22,27-35,37H2,1-5H3,(H2,66,85)(H,73,79)(H,74,88)(H,75,87)(H,76,86)(H3,67,69,70)(H3,68,71,90)/b17-9+/t39-,43+,44-,47-,49+,51+,52+,53+,54-,55+/m1/s1. The van der Waals surface area contributed by atoms with Crippen molar-refractivity contribution in [1.29, 1.82) is 0 Å². The fourth-order valence-corrected chi connectivity index (χ4v) is 11.9. The topological polar surface area (TPSA) is 413 Å². The highest BCUT2D eigenvalue weighted by molar-refractivity contribution is 5.98. The molecule has 90 heavy (non-hydrogen) atoms. The zero-order valence-corrected chi connectivity index (χ0v) is 52.7. The van der Waals surface area contributed by atoms with Crippen molar-refractivity contribution in [1.82, 2.24) is 41.8 Å². The van der Waals surface area contributed by atoms with Crippen molar-refractivity contribution in [3.63, 3.8) is 0 Å². The molecule has 0 spiro atoms. The van der Waals surface area contributed by atoms with E-state index < -0.39 is 114 Å². The van der Waals surface area contributed by atoms with Gasteiger partial charge in [0.05, 0.1) is 30.2 Å². The minimum Gasteiger partial charge on any atom is -0.508 e. The Morgan fingerprint density at radius 1 is 0.767 bits per heavy atom. The second-order valence-corrected chi connectivity index (χ2v) is 24.6. The number of benzene rings is 2. The van der Waals surface area contributed by atoms with Crippen molar-refractivity contribution in [3.8, 4) is 5.75 Å². The lowest BCUT2D eigenvalue weighted by molar-refractivity contribution is -0.142. The smallest absolute Gasteiger partial charge is 0.312 e. The Morgan fingerprint density at radius 2 is 1.44 bits per heavy atom. The fraction of sp³-hybridized carbons (Fsp3) is 0.585. The van der Waals surface area contributed by atoms with Crippen LogP contribution in [0.5, 0.6) is 5.75 Å². The molecule has 25 heteroatoms. The minimum atomic E-state index is -1.42. The molecule has 0 radical (unpaired) electrons. The van der Waals surface area contributed by atoms with E-state index in [9.17, 15) is 63.3 Å². The number of rotatable bonds is 37. The maximum atomic E-state index is 14.4. The van der Waals surface area contributed by atoms with Crippen LogP contribution in [0, 0.1) is 29.6 Å². The van der Waals surface area contributed by atoms with Gasteiger partial charge in [0, 0.05) is 101 Å². The van der Waals surface area contributed by atoms with Crippen molar-refractivity contribution in [2.24, 2.45) is 51.8 Å². The van der Waals surface area contributed by atoms with Crippen LogP contribution in [0.25, 0.3) is 10.9 Å². The summed E-state index contributed by atoms with van der Waals surface area (Å²) in [6.07, 6.45) is 8.09. The number of hydrogen-bond acceptors (Lipinski definition) is 14. The predicted octanol–water partition coefficient (Wildman–Crippen LogP) is 2.90. The molecule has 1 saturated carbocycles. The first-order valence-electron chi connectivity index (χ1n) is 31.5. The number of aromatic amines is 1. The van der Waals surface area contributed by atoms with Crippen molar-refractivity contribution in [2.45, 2.75) is 186 Å². The number of phenols is 1. The molecule has 1 saturated heterocycles. The van der Waals surface area contributed by atoms with Gasteiger partial charge in [-0.2, -0.15) is 0 Å². The number of ketones is 3. The molecule has 16 N–H and O–H groups in total. The highest BCUT2D eigenvalue weighted by Crippen LogP contribution is 2.30. The number of H-pyrrole nitrogens is 1. The molecule has 1 aliphatic carbocycles. The summed E-state index contributed by atoms with van der Waals surface area (Å²) in [6.45, 7) is 6.60. The number of Topliss-reactive ketones (excluding diaryl/α,β-unsaturated/α-hetero) is 3. The number of nitrogens with one attached hydrogen (secondary N) is 7. The van der Waals surface area contributed by atoms with E-state index in [0.717, 1.165) is 53.5 Å². The Kier molecular flexibility index (Phi) is 29.4. The number of likely N-dealkylation sites (tertiary alicyclic amines) is 1. The summed E-state index contributed by atoms with van der Waals surface area (Å²) in [7, 11) is 1.54. The second kappa shape index (κ2) is 36.5. The molecule has 2 fully saturated rings. The van der Waals surface area contributed by atoms with Crippen molar-refractivity contribution in [3.05, 3.63) is 78.0 Å². The highest BCUT2D eigenvalue weighted by atomic mass is 16.3.